The van der Waals surface area contributed by atoms with Crippen molar-refractivity contribution in [3.63, 3.8) is 0 Å². The van der Waals surface area contributed by atoms with E-state index in [2.05, 4.69) is 13.0 Å². The fraction of sp³-hybridized carbons (Fsp3) is 0.550. The number of carbonyl (C=O) groups excluding carboxylic acids is 1. The van der Waals surface area contributed by atoms with Crippen molar-refractivity contribution in [1.82, 2.24) is 0 Å². The molecule has 1 N–H and O–H groups in total. The molecule has 0 bridgehead atoms. The molecule has 0 aromatic heterocycles. The smallest absolute Gasteiger partial charge is 0.342 e. The van der Waals surface area contributed by atoms with E-state index in [0.29, 0.717) is 17.7 Å². The number of phenols is 1. The molecule has 2 rings (SSSR count). The number of fused-ring (bicyclic) bond motifs is 1. The Hall–Kier alpha value is -2.01. The van der Waals surface area contributed by atoms with Gasteiger partial charge in [-0.1, -0.05) is 11.6 Å². The lowest BCUT2D eigenvalue weighted by Gasteiger charge is -2.15. The summed E-state index contributed by atoms with van der Waals surface area (Å²) in [4.78, 5) is 11.9. The number of rotatable bonds is 9. The monoisotopic (exact) mass is 348 g/mol. The van der Waals surface area contributed by atoms with Crippen molar-refractivity contribution < 1.29 is 24.1 Å². The van der Waals surface area contributed by atoms with E-state index < -0.39 is 5.97 Å². The number of methoxy groups -OCH3 is 1. The highest BCUT2D eigenvalue weighted by Gasteiger charge is 2.31. The molecule has 0 aliphatic carbocycles. The van der Waals surface area contributed by atoms with Crippen LogP contribution in [0.4, 0.5) is 0 Å². The molecule has 0 fully saturated rings. The van der Waals surface area contributed by atoms with Crippen molar-refractivity contribution in [1.29, 1.82) is 0 Å². The topological polar surface area (TPSA) is 65.0 Å². The van der Waals surface area contributed by atoms with Gasteiger partial charge in [-0.2, -0.15) is 0 Å². The largest absolute Gasteiger partial charge is 0.507 e. The first kappa shape index (κ1) is 19.3. The van der Waals surface area contributed by atoms with Crippen LogP contribution in [0.25, 0.3) is 0 Å². The standard InChI is InChI=1S/C20H28O5/c1-5-24-11-7-6-8-13(2)9-10-15-18(21)17-16(12-25-20(17)22)14(3)19(15)23-4/h9,21H,5-8,10-12H2,1-4H3/b13-9+. The molecule has 0 saturated carbocycles. The molecule has 0 atom stereocenters. The van der Waals surface area contributed by atoms with Gasteiger partial charge in [0.25, 0.3) is 0 Å². The zero-order chi connectivity index (χ0) is 18.4. The molecule has 1 aliphatic rings. The summed E-state index contributed by atoms with van der Waals surface area (Å²) in [6, 6.07) is 0. The zero-order valence-corrected chi connectivity index (χ0v) is 15.6. The first-order chi connectivity index (χ1) is 12.0. The molecular weight excluding hydrogens is 320 g/mol. The van der Waals surface area contributed by atoms with E-state index in [1.165, 1.54) is 5.57 Å². The SMILES string of the molecule is CCOCCCC/C(C)=C/Cc1c(O)c2c(c(C)c1OC)COC2=O. The normalized spacial score (nSPS) is 13.8. The number of benzene rings is 1. The van der Waals surface area contributed by atoms with E-state index in [-0.39, 0.29) is 17.9 Å². The molecule has 0 amide bonds. The lowest BCUT2D eigenvalue weighted by Crippen LogP contribution is -2.03. The van der Waals surface area contributed by atoms with Crippen LogP contribution in [0.3, 0.4) is 0 Å². The molecule has 1 aliphatic heterocycles. The molecule has 0 unspecified atom stereocenters. The highest BCUT2D eigenvalue weighted by molar-refractivity contribution is 5.98. The van der Waals surface area contributed by atoms with E-state index in [1.807, 2.05) is 13.8 Å². The Morgan fingerprint density at radius 1 is 1.36 bits per heavy atom. The number of aromatic hydroxyl groups is 1. The Kier molecular flexibility index (Phi) is 6.88. The number of allylic oxidation sites excluding steroid dienone is 2. The zero-order valence-electron chi connectivity index (χ0n) is 15.6. The number of esters is 1. The molecule has 0 spiro atoms. The van der Waals surface area contributed by atoms with Crippen molar-refractivity contribution in [3.05, 3.63) is 33.9 Å². The molecule has 5 heteroatoms. The van der Waals surface area contributed by atoms with Crippen LogP contribution in [0.1, 0.15) is 60.2 Å². The first-order valence-electron chi connectivity index (χ1n) is 8.82. The molecule has 1 aromatic carbocycles. The average Bonchev–Trinajstić information content (AvgIpc) is 2.98. The first-order valence-corrected chi connectivity index (χ1v) is 8.82. The van der Waals surface area contributed by atoms with E-state index in [1.54, 1.807) is 7.11 Å². The van der Waals surface area contributed by atoms with E-state index >= 15 is 0 Å². The average molecular weight is 348 g/mol. The summed E-state index contributed by atoms with van der Waals surface area (Å²) in [5.41, 5.74) is 3.76. The van der Waals surface area contributed by atoms with Gasteiger partial charge in [0.05, 0.1) is 7.11 Å². The van der Waals surface area contributed by atoms with Gasteiger partial charge in [-0.05, 0) is 52.0 Å². The van der Waals surface area contributed by atoms with Gasteiger partial charge in [0.2, 0.25) is 0 Å². The van der Waals surface area contributed by atoms with Crippen molar-refractivity contribution in [2.24, 2.45) is 0 Å². The fourth-order valence-electron chi connectivity index (χ4n) is 3.16. The highest BCUT2D eigenvalue weighted by Crippen LogP contribution is 2.42. The van der Waals surface area contributed by atoms with Crippen LogP contribution < -0.4 is 4.74 Å². The van der Waals surface area contributed by atoms with Crippen molar-refractivity contribution in [2.45, 2.75) is 53.1 Å². The molecule has 5 nitrogen and oxygen atoms in total. The third kappa shape index (κ3) is 4.34. The second-order valence-electron chi connectivity index (χ2n) is 6.32. The van der Waals surface area contributed by atoms with Gasteiger partial charge in [0.15, 0.2) is 0 Å². The van der Waals surface area contributed by atoms with Crippen LogP contribution in [0.15, 0.2) is 11.6 Å². The summed E-state index contributed by atoms with van der Waals surface area (Å²) in [5.74, 6) is 0.159. The quantitative estimate of drug-likeness (QED) is 0.414. The van der Waals surface area contributed by atoms with Gasteiger partial charge < -0.3 is 19.3 Å². The maximum atomic E-state index is 11.9. The lowest BCUT2D eigenvalue weighted by molar-refractivity contribution is 0.0533. The fourth-order valence-corrected chi connectivity index (χ4v) is 3.16. The Labute approximate surface area is 149 Å². The second-order valence-corrected chi connectivity index (χ2v) is 6.32. The predicted octanol–water partition coefficient (Wildman–Crippen LogP) is 4.08. The summed E-state index contributed by atoms with van der Waals surface area (Å²) in [7, 11) is 1.58. The molecule has 25 heavy (non-hydrogen) atoms. The minimum atomic E-state index is -0.462. The second kappa shape index (κ2) is 8.90. The third-order valence-corrected chi connectivity index (χ3v) is 4.62. The number of hydrogen-bond donors (Lipinski definition) is 1. The number of phenolic OH excluding ortho intramolecular Hbond substituents is 1. The van der Waals surface area contributed by atoms with Crippen LogP contribution in [0, 0.1) is 6.92 Å². The van der Waals surface area contributed by atoms with Crippen LogP contribution in [0.2, 0.25) is 0 Å². The van der Waals surface area contributed by atoms with E-state index in [4.69, 9.17) is 14.2 Å². The van der Waals surface area contributed by atoms with Gasteiger partial charge in [-0.15, -0.1) is 0 Å². The van der Waals surface area contributed by atoms with Gasteiger partial charge in [0, 0.05) is 24.3 Å². The Morgan fingerprint density at radius 3 is 2.80 bits per heavy atom. The Bertz CT molecular complexity index is 661. The highest BCUT2D eigenvalue weighted by atomic mass is 16.5. The molecule has 1 aromatic rings. The molecule has 138 valence electrons. The molecule has 0 saturated heterocycles. The van der Waals surface area contributed by atoms with Gasteiger partial charge >= 0.3 is 5.97 Å². The number of cyclic esters (lactones) is 1. The number of ether oxygens (including phenoxy) is 3. The van der Waals surface area contributed by atoms with Crippen LogP contribution in [-0.4, -0.2) is 31.4 Å². The Balaban J connectivity index is 2.14. The van der Waals surface area contributed by atoms with E-state index in [0.717, 1.165) is 43.6 Å². The summed E-state index contributed by atoms with van der Waals surface area (Å²) < 4.78 is 15.9. The van der Waals surface area contributed by atoms with Crippen LogP contribution >= 0.6 is 0 Å². The molecule has 0 radical (unpaired) electrons. The molecule has 1 heterocycles. The lowest BCUT2D eigenvalue weighted by atomic mass is 9.94. The third-order valence-electron chi connectivity index (χ3n) is 4.62. The molecular formula is C20H28O5. The van der Waals surface area contributed by atoms with Crippen molar-refractivity contribution >= 4 is 5.97 Å². The van der Waals surface area contributed by atoms with Crippen LogP contribution in [0.5, 0.6) is 11.5 Å². The van der Waals surface area contributed by atoms with E-state index in [9.17, 15) is 9.90 Å². The minimum absolute atomic E-state index is 0.0136. The summed E-state index contributed by atoms with van der Waals surface area (Å²) >= 11 is 0. The minimum Gasteiger partial charge on any atom is -0.507 e. The number of hydrogen-bond acceptors (Lipinski definition) is 5. The summed E-state index contributed by atoms with van der Waals surface area (Å²) in [6.07, 6.45) is 5.71. The Morgan fingerprint density at radius 2 is 2.12 bits per heavy atom. The maximum absolute atomic E-state index is 11.9. The summed E-state index contributed by atoms with van der Waals surface area (Å²) in [6.45, 7) is 7.72. The van der Waals surface area contributed by atoms with Crippen molar-refractivity contribution in [3.8, 4) is 11.5 Å². The maximum Gasteiger partial charge on any atom is 0.342 e. The summed E-state index contributed by atoms with van der Waals surface area (Å²) in [5, 5.41) is 10.6. The number of carbonyl (C=O) groups is 1. The van der Waals surface area contributed by atoms with Crippen molar-refractivity contribution in [2.75, 3.05) is 20.3 Å². The van der Waals surface area contributed by atoms with Gasteiger partial charge in [-0.3, -0.25) is 0 Å². The van der Waals surface area contributed by atoms with Crippen LogP contribution in [-0.2, 0) is 22.5 Å². The predicted molar refractivity (Wildman–Crippen MR) is 96.3 cm³/mol. The van der Waals surface area contributed by atoms with Gasteiger partial charge in [-0.25, -0.2) is 4.79 Å². The van der Waals surface area contributed by atoms with Gasteiger partial charge in [0.1, 0.15) is 23.7 Å². The number of unbranched alkanes of at least 4 members (excludes halogenated alkanes) is 1.